The first-order valence-corrected chi connectivity index (χ1v) is 10.9. The molecule has 1 unspecified atom stereocenters. The maximum Gasteiger partial charge on any atom is 0.407 e. The van der Waals surface area contributed by atoms with Gasteiger partial charge in [0.2, 0.25) is 5.60 Å². The molecule has 0 saturated carbocycles. The molecule has 1 heterocycles. The van der Waals surface area contributed by atoms with Crippen molar-refractivity contribution < 1.29 is 19.4 Å². The number of para-hydroxylation sites is 1. The van der Waals surface area contributed by atoms with Gasteiger partial charge < -0.3 is 15.2 Å². The number of carbonyl (C=O) groups excluding carboxylic acids is 1. The summed E-state index contributed by atoms with van der Waals surface area (Å²) in [7, 11) is 0. The van der Waals surface area contributed by atoms with E-state index < -0.39 is 23.6 Å². The van der Waals surface area contributed by atoms with Crippen LogP contribution in [0.5, 0.6) is 5.75 Å². The Kier molecular flexibility index (Phi) is 6.66. The van der Waals surface area contributed by atoms with E-state index >= 15 is 0 Å². The number of carboxylic acid groups (broad SMARTS) is 1. The summed E-state index contributed by atoms with van der Waals surface area (Å²) in [6.07, 6.45) is -0.857. The summed E-state index contributed by atoms with van der Waals surface area (Å²) < 4.78 is 5.91. The summed E-state index contributed by atoms with van der Waals surface area (Å²) >= 11 is 0. The van der Waals surface area contributed by atoms with Crippen LogP contribution in [-0.4, -0.2) is 46.7 Å². The highest BCUT2D eigenvalue weighted by molar-refractivity contribution is 5.89. The number of benzene rings is 3. The molecule has 2 amide bonds. The quantitative estimate of drug-likeness (QED) is 0.548. The molecule has 4 rings (SSSR count). The molecule has 1 atom stereocenters. The van der Waals surface area contributed by atoms with Crippen molar-refractivity contribution in [2.75, 3.05) is 13.1 Å². The van der Waals surface area contributed by atoms with Gasteiger partial charge in [-0.2, -0.15) is 10.5 Å². The number of carbonyl (C=O) groups is 2. The molecular weight excluding hydrogens is 444 g/mol. The van der Waals surface area contributed by atoms with Crippen LogP contribution in [0.2, 0.25) is 0 Å². The minimum Gasteiger partial charge on any atom is -0.474 e. The average Bonchev–Trinajstić information content (AvgIpc) is 2.86. The van der Waals surface area contributed by atoms with Crippen molar-refractivity contribution in [1.82, 2.24) is 10.2 Å². The van der Waals surface area contributed by atoms with Gasteiger partial charge in [-0.05, 0) is 41.0 Å². The van der Waals surface area contributed by atoms with Crippen LogP contribution in [-0.2, 0) is 11.2 Å². The first-order chi connectivity index (χ1) is 16.9. The molecule has 0 aliphatic carbocycles. The molecule has 1 aliphatic heterocycles. The fourth-order valence-electron chi connectivity index (χ4n) is 3.90. The number of rotatable bonds is 7. The second-order valence-electron chi connectivity index (χ2n) is 8.29. The molecule has 2 N–H and O–H groups in total. The van der Waals surface area contributed by atoms with Crippen molar-refractivity contribution >= 4 is 12.0 Å². The number of hydrogen-bond acceptors (Lipinski definition) is 5. The zero-order valence-corrected chi connectivity index (χ0v) is 18.7. The number of nitriles is 2. The number of ether oxygens (including phenoxy) is 1. The van der Waals surface area contributed by atoms with E-state index in [-0.39, 0.29) is 19.5 Å². The first-order valence-electron chi connectivity index (χ1n) is 10.9. The Balaban J connectivity index is 1.43. The first kappa shape index (κ1) is 23.3. The minimum atomic E-state index is -1.39. The molecule has 3 aromatic carbocycles. The third kappa shape index (κ3) is 5.23. The third-order valence-electron chi connectivity index (χ3n) is 5.84. The smallest absolute Gasteiger partial charge is 0.407 e. The minimum absolute atomic E-state index is 0.125. The lowest BCUT2D eigenvalue weighted by Crippen LogP contribution is -2.73. The van der Waals surface area contributed by atoms with Gasteiger partial charge in [-0.15, -0.1) is 0 Å². The van der Waals surface area contributed by atoms with Gasteiger partial charge in [-0.25, -0.2) is 4.79 Å². The van der Waals surface area contributed by atoms with Crippen LogP contribution in [0.4, 0.5) is 4.79 Å². The molecule has 0 aromatic heterocycles. The molecule has 1 fully saturated rings. The van der Waals surface area contributed by atoms with Crippen LogP contribution in [0.3, 0.4) is 0 Å². The van der Waals surface area contributed by atoms with Crippen LogP contribution < -0.4 is 10.1 Å². The van der Waals surface area contributed by atoms with Gasteiger partial charge in [0.05, 0.1) is 30.8 Å². The average molecular weight is 466 g/mol. The van der Waals surface area contributed by atoms with Gasteiger partial charge >= 0.3 is 6.09 Å². The third-order valence-corrected chi connectivity index (χ3v) is 5.84. The lowest BCUT2D eigenvalue weighted by molar-refractivity contribution is -0.150. The fourth-order valence-corrected chi connectivity index (χ4v) is 3.90. The molecule has 3 aromatic rings. The summed E-state index contributed by atoms with van der Waals surface area (Å²) in [4.78, 5) is 25.5. The Morgan fingerprint density at radius 1 is 0.971 bits per heavy atom. The second-order valence-corrected chi connectivity index (χ2v) is 8.29. The van der Waals surface area contributed by atoms with Crippen molar-refractivity contribution in [1.29, 1.82) is 10.5 Å². The lowest BCUT2D eigenvalue weighted by atomic mass is 9.92. The zero-order chi connectivity index (χ0) is 24.8. The molecule has 174 valence electrons. The number of likely N-dealkylation sites (tertiary alicyclic amines) is 1. The Hall–Kier alpha value is -4.82. The summed E-state index contributed by atoms with van der Waals surface area (Å²) in [5.41, 5.74) is 1.98. The van der Waals surface area contributed by atoms with Crippen LogP contribution in [0.15, 0.2) is 78.9 Å². The summed E-state index contributed by atoms with van der Waals surface area (Å²) in [5.74, 6) is -0.0841. The number of amides is 2. The highest BCUT2D eigenvalue weighted by Crippen LogP contribution is 2.29. The van der Waals surface area contributed by atoms with Gasteiger partial charge in [0.15, 0.2) is 0 Å². The standard InChI is InChI=1S/C27H22N4O4/c28-15-20-8-12-22(13-9-20)21-10-6-19(7-11-21)14-23(16-29)30-25(32)27(17-31(18-27)26(33)34)35-24-4-2-1-3-5-24/h1-13,23H,14,17-18H2,(H,30,32)(H,33,34). The maximum absolute atomic E-state index is 13.1. The molecule has 0 bridgehead atoms. The van der Waals surface area contributed by atoms with E-state index in [2.05, 4.69) is 17.5 Å². The van der Waals surface area contributed by atoms with E-state index in [9.17, 15) is 20.0 Å². The van der Waals surface area contributed by atoms with E-state index in [1.807, 2.05) is 42.5 Å². The van der Waals surface area contributed by atoms with E-state index in [0.29, 0.717) is 11.3 Å². The number of nitrogens with zero attached hydrogens (tertiary/aromatic N) is 3. The van der Waals surface area contributed by atoms with Gasteiger partial charge in [0, 0.05) is 6.42 Å². The highest BCUT2D eigenvalue weighted by Gasteiger charge is 2.54. The highest BCUT2D eigenvalue weighted by atomic mass is 16.5. The number of nitrogens with one attached hydrogen (secondary N) is 1. The van der Waals surface area contributed by atoms with E-state index in [1.165, 1.54) is 0 Å². The predicted octanol–water partition coefficient (Wildman–Crippen LogP) is 3.59. The predicted molar refractivity (Wildman–Crippen MR) is 127 cm³/mol. The van der Waals surface area contributed by atoms with Crippen LogP contribution in [0.25, 0.3) is 11.1 Å². The number of hydrogen-bond donors (Lipinski definition) is 2. The largest absolute Gasteiger partial charge is 0.474 e. The van der Waals surface area contributed by atoms with E-state index in [1.54, 1.807) is 36.4 Å². The molecule has 0 spiro atoms. The van der Waals surface area contributed by atoms with Crippen LogP contribution in [0, 0.1) is 22.7 Å². The van der Waals surface area contributed by atoms with Crippen LogP contribution >= 0.6 is 0 Å². The van der Waals surface area contributed by atoms with Gasteiger partial charge in [0.25, 0.3) is 5.91 Å². The molecular formula is C27H22N4O4. The molecule has 8 nitrogen and oxygen atoms in total. The van der Waals surface area contributed by atoms with Gasteiger partial charge in [-0.3, -0.25) is 9.69 Å². The van der Waals surface area contributed by atoms with Crippen molar-refractivity contribution in [2.45, 2.75) is 18.1 Å². The topological polar surface area (TPSA) is 126 Å². The Bertz CT molecular complexity index is 1290. The Morgan fingerprint density at radius 3 is 2.11 bits per heavy atom. The molecule has 35 heavy (non-hydrogen) atoms. The molecule has 8 heteroatoms. The summed E-state index contributed by atoms with van der Waals surface area (Å²) in [6.45, 7) is -0.249. The summed E-state index contributed by atoms with van der Waals surface area (Å²) in [6, 6.07) is 26.9. The normalized spacial score (nSPS) is 14.5. The summed E-state index contributed by atoms with van der Waals surface area (Å²) in [5, 5.41) is 30.6. The van der Waals surface area contributed by atoms with Crippen LogP contribution in [0.1, 0.15) is 11.1 Å². The lowest BCUT2D eigenvalue weighted by Gasteiger charge is -2.46. The van der Waals surface area contributed by atoms with Crippen molar-refractivity contribution in [2.24, 2.45) is 0 Å². The second kappa shape index (κ2) is 9.98. The molecule has 1 saturated heterocycles. The van der Waals surface area contributed by atoms with E-state index in [0.717, 1.165) is 21.6 Å². The maximum atomic E-state index is 13.1. The van der Waals surface area contributed by atoms with Crippen molar-refractivity contribution in [3.63, 3.8) is 0 Å². The Morgan fingerprint density at radius 2 is 1.57 bits per heavy atom. The van der Waals surface area contributed by atoms with E-state index in [4.69, 9.17) is 10.00 Å². The van der Waals surface area contributed by atoms with Gasteiger partial charge in [0.1, 0.15) is 11.8 Å². The van der Waals surface area contributed by atoms with Gasteiger partial charge in [-0.1, -0.05) is 54.6 Å². The fraction of sp³-hybridized carbons (Fsp3) is 0.185. The SMILES string of the molecule is N#Cc1ccc(-c2ccc(CC(C#N)NC(=O)C3(Oc4ccccc4)CN(C(=O)O)C3)cc2)cc1. The molecule has 1 aliphatic rings. The zero-order valence-electron chi connectivity index (χ0n) is 18.7. The Labute approximate surface area is 202 Å². The molecule has 0 radical (unpaired) electrons. The van der Waals surface area contributed by atoms with Crippen molar-refractivity contribution in [3.8, 4) is 29.0 Å². The van der Waals surface area contributed by atoms with Crippen molar-refractivity contribution in [3.05, 3.63) is 90.0 Å². The monoisotopic (exact) mass is 466 g/mol.